The molecule has 0 aromatic carbocycles. The van der Waals surface area contributed by atoms with Gasteiger partial charge in [0, 0.05) is 58.8 Å². The van der Waals surface area contributed by atoms with Crippen LogP contribution in [-0.2, 0) is 15.0 Å². The zero-order valence-corrected chi connectivity index (χ0v) is 17.2. The molecule has 1 amide bonds. The first-order valence-corrected chi connectivity index (χ1v) is 10.8. The quantitative estimate of drug-likeness (QED) is 0.658. The molecular weight excluding hydrogens is 378 g/mol. The van der Waals surface area contributed by atoms with E-state index in [9.17, 15) is 13.2 Å². The number of halogens is 1. The molecule has 1 atom stereocenters. The Bertz CT molecular complexity index is 554. The molecule has 26 heavy (non-hydrogen) atoms. The molecule has 0 spiro atoms. The van der Waals surface area contributed by atoms with E-state index in [1.807, 2.05) is 11.9 Å². The van der Waals surface area contributed by atoms with Gasteiger partial charge in [-0.3, -0.25) is 4.79 Å². The van der Waals surface area contributed by atoms with Gasteiger partial charge in [0.15, 0.2) is 0 Å². The fourth-order valence-corrected chi connectivity index (χ4v) is 5.37. The van der Waals surface area contributed by atoms with Crippen molar-refractivity contribution < 1.29 is 13.2 Å². The lowest BCUT2D eigenvalue weighted by atomic mass is 10.0. The van der Waals surface area contributed by atoms with E-state index in [0.717, 1.165) is 39.0 Å². The maximum Gasteiger partial charge on any atom is 0.282 e. The van der Waals surface area contributed by atoms with Gasteiger partial charge < -0.3 is 15.1 Å². The SMILES string of the molecule is CN1CCN(S(=O)(=O)N2CCN(C(=O)CCC3CCNC3)CC2)CC1.Cl. The predicted molar refractivity (Wildman–Crippen MR) is 104 cm³/mol. The molecule has 3 aliphatic heterocycles. The third-order valence-corrected chi connectivity index (χ3v) is 7.67. The van der Waals surface area contributed by atoms with E-state index in [0.29, 0.717) is 51.6 Å². The molecule has 152 valence electrons. The van der Waals surface area contributed by atoms with Gasteiger partial charge in [0.1, 0.15) is 0 Å². The fourth-order valence-electron chi connectivity index (χ4n) is 3.80. The summed E-state index contributed by atoms with van der Waals surface area (Å²) in [7, 11) is -1.38. The number of likely N-dealkylation sites (N-methyl/N-ethyl adjacent to an activating group) is 1. The van der Waals surface area contributed by atoms with Crippen molar-refractivity contribution in [3.05, 3.63) is 0 Å². The van der Waals surface area contributed by atoms with Gasteiger partial charge in [-0.05, 0) is 38.9 Å². The lowest BCUT2D eigenvalue weighted by Gasteiger charge is -2.39. The summed E-state index contributed by atoms with van der Waals surface area (Å²) in [5.74, 6) is 0.784. The first kappa shape index (κ1) is 21.8. The molecule has 0 bridgehead atoms. The number of amides is 1. The molecule has 8 nitrogen and oxygen atoms in total. The van der Waals surface area contributed by atoms with Crippen molar-refractivity contribution in [3.63, 3.8) is 0 Å². The summed E-state index contributed by atoms with van der Waals surface area (Å²) in [6.45, 7) is 6.55. The van der Waals surface area contributed by atoms with Crippen LogP contribution in [0.3, 0.4) is 0 Å². The van der Waals surface area contributed by atoms with Gasteiger partial charge in [-0.25, -0.2) is 0 Å². The van der Waals surface area contributed by atoms with Gasteiger partial charge in [-0.15, -0.1) is 12.4 Å². The summed E-state index contributed by atoms with van der Waals surface area (Å²) in [6, 6.07) is 0. The molecule has 0 aromatic rings. The predicted octanol–water partition coefficient (Wildman–Crippen LogP) is -0.566. The van der Waals surface area contributed by atoms with E-state index in [1.165, 1.54) is 0 Å². The maximum absolute atomic E-state index is 12.7. The second-order valence-corrected chi connectivity index (χ2v) is 9.32. The number of hydrogen-bond donors (Lipinski definition) is 1. The summed E-state index contributed by atoms with van der Waals surface area (Å²) in [4.78, 5) is 16.3. The average Bonchev–Trinajstić information content (AvgIpc) is 3.14. The monoisotopic (exact) mass is 409 g/mol. The van der Waals surface area contributed by atoms with Gasteiger partial charge >= 0.3 is 0 Å². The Kier molecular flexibility index (Phi) is 8.11. The third-order valence-electron chi connectivity index (χ3n) is 5.63. The van der Waals surface area contributed by atoms with Crippen LogP contribution in [0.25, 0.3) is 0 Å². The number of rotatable bonds is 5. The van der Waals surface area contributed by atoms with Crippen LogP contribution >= 0.6 is 12.4 Å². The highest BCUT2D eigenvalue weighted by Crippen LogP contribution is 2.18. The molecule has 3 aliphatic rings. The van der Waals surface area contributed by atoms with Crippen LogP contribution in [0.15, 0.2) is 0 Å². The molecule has 0 saturated carbocycles. The van der Waals surface area contributed by atoms with E-state index >= 15 is 0 Å². The molecule has 10 heteroatoms. The Morgan fingerprint density at radius 1 is 1.00 bits per heavy atom. The van der Waals surface area contributed by atoms with Crippen LogP contribution in [0.4, 0.5) is 0 Å². The van der Waals surface area contributed by atoms with Crippen molar-refractivity contribution in [3.8, 4) is 0 Å². The van der Waals surface area contributed by atoms with Crippen LogP contribution in [0.1, 0.15) is 19.3 Å². The Labute approximate surface area is 163 Å². The summed E-state index contributed by atoms with van der Waals surface area (Å²) in [5, 5.41) is 3.33. The third kappa shape index (κ3) is 5.30. The summed E-state index contributed by atoms with van der Waals surface area (Å²) in [5.41, 5.74) is 0. The molecule has 0 aromatic heterocycles. The van der Waals surface area contributed by atoms with E-state index in [4.69, 9.17) is 0 Å². The molecule has 0 radical (unpaired) electrons. The topological polar surface area (TPSA) is 76.2 Å². The van der Waals surface area contributed by atoms with Gasteiger partial charge in [-0.1, -0.05) is 0 Å². The average molecular weight is 410 g/mol. The highest BCUT2D eigenvalue weighted by Gasteiger charge is 2.34. The largest absolute Gasteiger partial charge is 0.340 e. The van der Waals surface area contributed by atoms with Gasteiger partial charge in [0.2, 0.25) is 5.91 Å². The number of nitrogens with one attached hydrogen (secondary N) is 1. The van der Waals surface area contributed by atoms with Crippen LogP contribution in [0, 0.1) is 5.92 Å². The second kappa shape index (κ2) is 9.66. The van der Waals surface area contributed by atoms with Crippen LogP contribution < -0.4 is 5.32 Å². The standard InChI is InChI=1S/C16H31N5O3S.ClH/c1-18-6-10-20(11-7-18)25(23,24)21-12-8-19(9-13-21)16(22)3-2-15-4-5-17-14-15;/h15,17H,2-14H2,1H3;1H. The highest BCUT2D eigenvalue weighted by molar-refractivity contribution is 7.86. The zero-order valence-electron chi connectivity index (χ0n) is 15.6. The lowest BCUT2D eigenvalue weighted by molar-refractivity contribution is -0.132. The molecule has 3 heterocycles. The molecule has 3 rings (SSSR count). The van der Waals surface area contributed by atoms with Crippen molar-refractivity contribution in [2.24, 2.45) is 5.92 Å². The number of hydrogen-bond acceptors (Lipinski definition) is 5. The van der Waals surface area contributed by atoms with Crippen molar-refractivity contribution in [2.45, 2.75) is 19.3 Å². The van der Waals surface area contributed by atoms with Gasteiger partial charge in [0.25, 0.3) is 10.2 Å². The number of carbonyl (C=O) groups is 1. The lowest BCUT2D eigenvalue weighted by Crippen LogP contribution is -2.57. The number of piperazine rings is 2. The molecule has 1 N–H and O–H groups in total. The summed E-state index contributed by atoms with van der Waals surface area (Å²) < 4.78 is 28.6. The highest BCUT2D eigenvalue weighted by atomic mass is 35.5. The second-order valence-electron chi connectivity index (χ2n) is 7.39. The maximum atomic E-state index is 12.7. The number of carbonyl (C=O) groups excluding carboxylic acids is 1. The van der Waals surface area contributed by atoms with Crippen LogP contribution in [-0.4, -0.2) is 105 Å². The van der Waals surface area contributed by atoms with Crippen molar-refractivity contribution in [2.75, 3.05) is 72.5 Å². The smallest absolute Gasteiger partial charge is 0.282 e. The molecule has 1 unspecified atom stereocenters. The number of nitrogens with zero attached hydrogens (tertiary/aromatic N) is 4. The summed E-state index contributed by atoms with van der Waals surface area (Å²) in [6.07, 6.45) is 2.67. The van der Waals surface area contributed by atoms with E-state index in [-0.39, 0.29) is 18.3 Å². The molecule has 3 fully saturated rings. The minimum Gasteiger partial charge on any atom is -0.340 e. The normalized spacial score (nSPS) is 26.7. The van der Waals surface area contributed by atoms with E-state index < -0.39 is 10.2 Å². The Morgan fingerprint density at radius 3 is 2.12 bits per heavy atom. The minimum atomic E-state index is -3.39. The first-order valence-electron chi connectivity index (χ1n) is 9.39. The molecule has 3 saturated heterocycles. The van der Waals surface area contributed by atoms with E-state index in [1.54, 1.807) is 8.61 Å². The van der Waals surface area contributed by atoms with Crippen molar-refractivity contribution in [1.82, 2.24) is 23.7 Å². The van der Waals surface area contributed by atoms with Crippen molar-refractivity contribution in [1.29, 1.82) is 0 Å². The zero-order chi connectivity index (χ0) is 17.9. The Hall–Kier alpha value is -0.450. The van der Waals surface area contributed by atoms with Crippen LogP contribution in [0.5, 0.6) is 0 Å². The van der Waals surface area contributed by atoms with E-state index in [2.05, 4.69) is 10.2 Å². The van der Waals surface area contributed by atoms with Crippen LogP contribution in [0.2, 0.25) is 0 Å². The first-order chi connectivity index (χ1) is 12.0. The molecular formula is C16H32ClN5O3S. The fraction of sp³-hybridized carbons (Fsp3) is 0.938. The summed E-state index contributed by atoms with van der Waals surface area (Å²) >= 11 is 0. The molecule has 0 aliphatic carbocycles. The van der Waals surface area contributed by atoms with Crippen molar-refractivity contribution >= 4 is 28.5 Å². The van der Waals surface area contributed by atoms with Gasteiger partial charge in [-0.2, -0.15) is 17.0 Å². The minimum absolute atomic E-state index is 0. The Morgan fingerprint density at radius 2 is 1.58 bits per heavy atom. The van der Waals surface area contributed by atoms with Gasteiger partial charge in [0.05, 0.1) is 0 Å². The Balaban J connectivity index is 0.00000243.